The molecule has 4 N–H and O–H groups in total. The van der Waals surface area contributed by atoms with E-state index in [0.29, 0.717) is 23.4 Å². The Hall–Kier alpha value is -2.57. The van der Waals surface area contributed by atoms with Crippen LogP contribution in [0.1, 0.15) is 38.2 Å². The van der Waals surface area contributed by atoms with E-state index in [1.54, 1.807) is 17.0 Å². The standard InChI is InChI=1S/C24H23BrClN3O2/c1-24(2)11-17-20(18(30)12-24)19(13-3-5-14(25)6-4-13)21(23(28)31)22(27)29(17)16-9-7-15(26)8-10-16/h3-10,19H,11-12,27H2,1-2H3,(H2,28,31). The number of hydrogen-bond donors (Lipinski definition) is 2. The molecule has 0 bridgehead atoms. The van der Waals surface area contributed by atoms with Crippen molar-refractivity contribution in [2.45, 2.75) is 32.6 Å². The zero-order valence-corrected chi connectivity index (χ0v) is 19.6. The summed E-state index contributed by atoms with van der Waals surface area (Å²) in [5.41, 5.74) is 15.3. The van der Waals surface area contributed by atoms with Crippen LogP contribution in [0.5, 0.6) is 0 Å². The minimum atomic E-state index is -0.645. The number of allylic oxidation sites excluding steroid dienone is 2. The fraction of sp³-hybridized carbons (Fsp3) is 0.250. The molecule has 0 fully saturated rings. The minimum Gasteiger partial charge on any atom is -0.384 e. The Balaban J connectivity index is 2.01. The van der Waals surface area contributed by atoms with Crippen molar-refractivity contribution in [3.05, 3.63) is 86.3 Å². The van der Waals surface area contributed by atoms with Crippen LogP contribution in [-0.2, 0) is 9.59 Å². The first-order valence-electron chi connectivity index (χ1n) is 9.96. The smallest absolute Gasteiger partial charge is 0.249 e. The Morgan fingerprint density at radius 1 is 1.10 bits per heavy atom. The van der Waals surface area contributed by atoms with E-state index in [1.807, 2.05) is 36.4 Å². The van der Waals surface area contributed by atoms with E-state index in [9.17, 15) is 9.59 Å². The monoisotopic (exact) mass is 499 g/mol. The van der Waals surface area contributed by atoms with Gasteiger partial charge in [-0.1, -0.05) is 53.5 Å². The predicted molar refractivity (Wildman–Crippen MR) is 126 cm³/mol. The summed E-state index contributed by atoms with van der Waals surface area (Å²) >= 11 is 9.52. The van der Waals surface area contributed by atoms with Crippen LogP contribution in [0.25, 0.3) is 0 Å². The van der Waals surface area contributed by atoms with Crippen LogP contribution in [0.3, 0.4) is 0 Å². The summed E-state index contributed by atoms with van der Waals surface area (Å²) in [5, 5.41) is 0.584. The first-order valence-corrected chi connectivity index (χ1v) is 11.1. The molecule has 2 aromatic carbocycles. The van der Waals surface area contributed by atoms with Crippen molar-refractivity contribution in [2.75, 3.05) is 4.90 Å². The summed E-state index contributed by atoms with van der Waals surface area (Å²) in [7, 11) is 0. The lowest BCUT2D eigenvalue weighted by atomic mass is 9.68. The Kier molecular flexibility index (Phi) is 5.48. The number of carbonyl (C=O) groups is 2. The van der Waals surface area contributed by atoms with Crippen molar-refractivity contribution >= 4 is 44.9 Å². The maximum Gasteiger partial charge on any atom is 0.249 e. The number of benzene rings is 2. The molecule has 1 amide bonds. The molecule has 1 aliphatic heterocycles. The highest BCUT2D eigenvalue weighted by atomic mass is 79.9. The second kappa shape index (κ2) is 7.84. The van der Waals surface area contributed by atoms with Gasteiger partial charge in [-0.15, -0.1) is 0 Å². The van der Waals surface area contributed by atoms with Gasteiger partial charge in [0.15, 0.2) is 5.78 Å². The largest absolute Gasteiger partial charge is 0.384 e. The highest BCUT2D eigenvalue weighted by Crippen LogP contribution is 2.50. The lowest BCUT2D eigenvalue weighted by molar-refractivity contribution is -0.118. The van der Waals surface area contributed by atoms with Crippen LogP contribution >= 0.6 is 27.5 Å². The maximum absolute atomic E-state index is 13.5. The number of amides is 1. The third kappa shape index (κ3) is 3.90. The molecule has 2 aliphatic rings. The first-order chi connectivity index (χ1) is 14.6. The van der Waals surface area contributed by atoms with E-state index in [2.05, 4.69) is 29.8 Å². The van der Waals surface area contributed by atoms with Gasteiger partial charge in [0, 0.05) is 38.8 Å². The van der Waals surface area contributed by atoms with Gasteiger partial charge >= 0.3 is 0 Å². The number of nitrogens with two attached hydrogens (primary N) is 2. The minimum absolute atomic E-state index is 0.00406. The molecule has 7 heteroatoms. The topological polar surface area (TPSA) is 89.4 Å². The van der Waals surface area contributed by atoms with Crippen LogP contribution in [0.4, 0.5) is 5.69 Å². The van der Waals surface area contributed by atoms with Gasteiger partial charge in [0.1, 0.15) is 5.82 Å². The summed E-state index contributed by atoms with van der Waals surface area (Å²) in [6.07, 6.45) is 1.02. The van der Waals surface area contributed by atoms with Crippen LogP contribution in [0, 0.1) is 5.41 Å². The molecular formula is C24H23BrClN3O2. The SMILES string of the molecule is CC1(C)CC(=O)C2=C(C1)N(c1ccc(Cl)cc1)C(N)=C(C(N)=O)C2c1ccc(Br)cc1. The number of nitrogens with zero attached hydrogens (tertiary/aromatic N) is 1. The molecule has 160 valence electrons. The zero-order chi connectivity index (χ0) is 22.5. The molecule has 0 saturated heterocycles. The second-order valence-corrected chi connectivity index (χ2v) is 10.1. The Labute approximate surface area is 194 Å². The van der Waals surface area contributed by atoms with E-state index in [0.717, 1.165) is 21.4 Å². The van der Waals surface area contributed by atoms with Crippen LogP contribution in [0.2, 0.25) is 5.02 Å². The third-order valence-corrected chi connectivity index (χ3v) is 6.59. The van der Waals surface area contributed by atoms with Crippen LogP contribution in [0.15, 0.2) is 75.7 Å². The molecule has 0 spiro atoms. The summed E-state index contributed by atoms with van der Waals surface area (Å²) in [4.78, 5) is 27.9. The average Bonchev–Trinajstić information content (AvgIpc) is 2.67. The van der Waals surface area contributed by atoms with E-state index in [4.69, 9.17) is 23.1 Å². The highest BCUT2D eigenvalue weighted by molar-refractivity contribution is 9.10. The summed E-state index contributed by atoms with van der Waals surface area (Å²) in [6.45, 7) is 4.12. The Morgan fingerprint density at radius 2 is 1.71 bits per heavy atom. The molecule has 31 heavy (non-hydrogen) atoms. The van der Waals surface area contributed by atoms with Gasteiger partial charge in [-0.25, -0.2) is 0 Å². The molecule has 0 radical (unpaired) electrons. The van der Waals surface area contributed by atoms with Gasteiger partial charge in [0.25, 0.3) is 0 Å². The first kappa shape index (κ1) is 21.7. The number of anilines is 1. The third-order valence-electron chi connectivity index (χ3n) is 5.81. The fourth-order valence-corrected chi connectivity index (χ4v) is 4.92. The van der Waals surface area contributed by atoms with Gasteiger partial charge in [-0.2, -0.15) is 0 Å². The molecule has 2 aromatic rings. The average molecular weight is 501 g/mol. The van der Waals surface area contributed by atoms with E-state index >= 15 is 0 Å². The highest BCUT2D eigenvalue weighted by Gasteiger charge is 2.45. The predicted octanol–water partition coefficient (Wildman–Crippen LogP) is 5.01. The zero-order valence-electron chi connectivity index (χ0n) is 17.3. The second-order valence-electron chi connectivity index (χ2n) is 8.76. The van der Waals surface area contributed by atoms with Gasteiger partial charge in [0.2, 0.25) is 5.91 Å². The number of ketones is 1. The lowest BCUT2D eigenvalue weighted by Crippen LogP contribution is -2.44. The van der Waals surface area contributed by atoms with E-state index in [-0.39, 0.29) is 22.6 Å². The van der Waals surface area contributed by atoms with Gasteiger partial charge in [-0.05, 0) is 53.8 Å². The molecule has 5 nitrogen and oxygen atoms in total. The van der Waals surface area contributed by atoms with Crippen molar-refractivity contribution in [1.82, 2.24) is 0 Å². The number of halogens is 2. The normalized spacial score (nSPS) is 20.7. The maximum atomic E-state index is 13.5. The van der Waals surface area contributed by atoms with Crippen molar-refractivity contribution in [3.63, 3.8) is 0 Å². The van der Waals surface area contributed by atoms with Crippen LogP contribution in [-0.4, -0.2) is 11.7 Å². The van der Waals surface area contributed by atoms with Crippen molar-refractivity contribution in [3.8, 4) is 0 Å². The van der Waals surface area contributed by atoms with Crippen molar-refractivity contribution in [2.24, 2.45) is 16.9 Å². The summed E-state index contributed by atoms with van der Waals surface area (Å²) < 4.78 is 0.901. The van der Waals surface area contributed by atoms with E-state index < -0.39 is 11.8 Å². The molecular weight excluding hydrogens is 478 g/mol. The Morgan fingerprint density at radius 3 is 2.29 bits per heavy atom. The number of carbonyl (C=O) groups excluding carboxylic acids is 2. The van der Waals surface area contributed by atoms with Gasteiger partial charge in [-0.3, -0.25) is 14.5 Å². The molecule has 1 unspecified atom stereocenters. The molecule has 4 rings (SSSR count). The molecule has 0 aromatic heterocycles. The number of Topliss-reactive ketones (excluding diaryl/α,β-unsaturated/α-hetero) is 1. The Bertz CT molecular complexity index is 1130. The summed E-state index contributed by atoms with van der Waals surface area (Å²) in [5.74, 6) is -1.00. The molecule has 1 heterocycles. The lowest BCUT2D eigenvalue weighted by Gasteiger charge is -2.44. The number of rotatable bonds is 3. The summed E-state index contributed by atoms with van der Waals surface area (Å²) in [6, 6.07) is 14.7. The fourth-order valence-electron chi connectivity index (χ4n) is 4.53. The quantitative estimate of drug-likeness (QED) is 0.620. The molecule has 1 aliphatic carbocycles. The van der Waals surface area contributed by atoms with E-state index in [1.165, 1.54) is 0 Å². The number of hydrogen-bond acceptors (Lipinski definition) is 4. The van der Waals surface area contributed by atoms with Crippen molar-refractivity contribution in [1.29, 1.82) is 0 Å². The van der Waals surface area contributed by atoms with Crippen LogP contribution < -0.4 is 16.4 Å². The van der Waals surface area contributed by atoms with Gasteiger partial charge in [0.05, 0.1) is 5.57 Å². The van der Waals surface area contributed by atoms with Crippen molar-refractivity contribution < 1.29 is 9.59 Å². The number of primary amides is 1. The molecule has 0 saturated carbocycles. The van der Waals surface area contributed by atoms with Gasteiger partial charge < -0.3 is 11.5 Å². The molecule has 1 atom stereocenters.